The fourth-order valence-electron chi connectivity index (χ4n) is 2.08. The van der Waals surface area contributed by atoms with Gasteiger partial charge >= 0.3 is 0 Å². The number of anilines is 1. The number of pyridine rings is 1. The number of nitrogens with zero attached hydrogens (tertiary/aromatic N) is 4. The Morgan fingerprint density at radius 3 is 2.90 bits per heavy atom. The van der Waals surface area contributed by atoms with Crippen LogP contribution in [0.1, 0.15) is 17.6 Å². The zero-order valence-electron chi connectivity index (χ0n) is 12.0. The summed E-state index contributed by atoms with van der Waals surface area (Å²) in [6.45, 7) is 5.67. The van der Waals surface area contributed by atoms with Crippen molar-refractivity contribution in [1.82, 2.24) is 15.1 Å². The second-order valence-electron chi connectivity index (χ2n) is 4.64. The van der Waals surface area contributed by atoms with Crippen LogP contribution in [-0.4, -0.2) is 21.7 Å². The summed E-state index contributed by atoms with van der Waals surface area (Å²) in [7, 11) is 0. The van der Waals surface area contributed by atoms with Gasteiger partial charge in [0.15, 0.2) is 5.82 Å². The first kappa shape index (κ1) is 13.8. The molecule has 0 atom stereocenters. The lowest BCUT2D eigenvalue weighted by atomic mass is 10.2. The highest BCUT2D eigenvalue weighted by molar-refractivity contribution is 7.09. The average Bonchev–Trinajstić information content (AvgIpc) is 3.16. The summed E-state index contributed by atoms with van der Waals surface area (Å²) in [6.07, 6.45) is 1.78. The van der Waals surface area contributed by atoms with Crippen LogP contribution in [-0.2, 0) is 6.54 Å². The predicted molar refractivity (Wildman–Crippen MR) is 83.3 cm³/mol. The van der Waals surface area contributed by atoms with Gasteiger partial charge in [0.2, 0.25) is 0 Å². The van der Waals surface area contributed by atoms with E-state index in [0.29, 0.717) is 11.7 Å². The Morgan fingerprint density at radius 2 is 2.24 bits per heavy atom. The maximum atomic E-state index is 5.22. The van der Waals surface area contributed by atoms with Crippen molar-refractivity contribution >= 4 is 17.2 Å². The van der Waals surface area contributed by atoms with E-state index in [0.717, 1.165) is 24.5 Å². The van der Waals surface area contributed by atoms with E-state index in [1.54, 1.807) is 17.5 Å². The van der Waals surface area contributed by atoms with Crippen LogP contribution in [0.4, 0.5) is 5.82 Å². The molecule has 5 nitrogen and oxygen atoms in total. The fourth-order valence-corrected chi connectivity index (χ4v) is 2.80. The maximum absolute atomic E-state index is 5.22. The highest BCUT2D eigenvalue weighted by Gasteiger charge is 2.11. The SMILES string of the molecule is CCN(Cc1cccs1)c1cc(-c2nc(C)no2)ccn1. The first-order chi connectivity index (χ1) is 10.3. The van der Waals surface area contributed by atoms with Gasteiger partial charge in [0.1, 0.15) is 5.82 Å². The van der Waals surface area contributed by atoms with Gasteiger partial charge in [-0.1, -0.05) is 11.2 Å². The molecule has 0 spiro atoms. The van der Waals surface area contributed by atoms with Crippen LogP contribution in [0.25, 0.3) is 11.5 Å². The molecule has 0 aliphatic heterocycles. The van der Waals surface area contributed by atoms with Gasteiger partial charge in [-0.25, -0.2) is 4.98 Å². The van der Waals surface area contributed by atoms with Crippen LogP contribution in [0.2, 0.25) is 0 Å². The molecule has 3 aromatic rings. The molecule has 0 saturated carbocycles. The molecule has 0 unspecified atom stereocenters. The van der Waals surface area contributed by atoms with Gasteiger partial charge in [0.05, 0.1) is 6.54 Å². The normalized spacial score (nSPS) is 10.8. The van der Waals surface area contributed by atoms with Gasteiger partial charge < -0.3 is 9.42 Å². The fraction of sp³-hybridized carbons (Fsp3) is 0.267. The van der Waals surface area contributed by atoms with Crippen molar-refractivity contribution in [2.45, 2.75) is 20.4 Å². The number of aryl methyl sites for hydroxylation is 1. The van der Waals surface area contributed by atoms with Crippen molar-refractivity contribution in [2.24, 2.45) is 0 Å². The minimum atomic E-state index is 0.531. The number of rotatable bonds is 5. The number of thiophene rings is 1. The molecule has 0 saturated heterocycles. The summed E-state index contributed by atoms with van der Waals surface area (Å²) in [5.74, 6) is 2.08. The Labute approximate surface area is 127 Å². The first-order valence-corrected chi connectivity index (χ1v) is 7.68. The van der Waals surface area contributed by atoms with E-state index >= 15 is 0 Å². The maximum Gasteiger partial charge on any atom is 0.258 e. The van der Waals surface area contributed by atoms with Crippen LogP contribution in [0.15, 0.2) is 40.4 Å². The van der Waals surface area contributed by atoms with Crippen molar-refractivity contribution in [2.75, 3.05) is 11.4 Å². The zero-order chi connectivity index (χ0) is 14.7. The van der Waals surface area contributed by atoms with E-state index in [9.17, 15) is 0 Å². The van der Waals surface area contributed by atoms with Gasteiger partial charge in [-0.3, -0.25) is 0 Å². The van der Waals surface area contributed by atoms with E-state index < -0.39 is 0 Å². The van der Waals surface area contributed by atoms with E-state index in [-0.39, 0.29) is 0 Å². The average molecular weight is 300 g/mol. The molecule has 0 amide bonds. The molecule has 21 heavy (non-hydrogen) atoms. The van der Waals surface area contributed by atoms with Gasteiger partial charge in [-0.15, -0.1) is 11.3 Å². The molecule has 108 valence electrons. The van der Waals surface area contributed by atoms with E-state index in [1.807, 2.05) is 19.1 Å². The molecule has 0 aromatic carbocycles. The third-order valence-electron chi connectivity index (χ3n) is 3.15. The Balaban J connectivity index is 1.87. The van der Waals surface area contributed by atoms with Crippen LogP contribution >= 0.6 is 11.3 Å². The summed E-state index contributed by atoms with van der Waals surface area (Å²) < 4.78 is 5.22. The molecule has 3 heterocycles. The predicted octanol–water partition coefficient (Wildman–Crippen LogP) is 3.53. The lowest BCUT2D eigenvalue weighted by Gasteiger charge is -2.21. The Kier molecular flexibility index (Phi) is 3.96. The summed E-state index contributed by atoms with van der Waals surface area (Å²) in [6, 6.07) is 8.08. The third kappa shape index (κ3) is 3.11. The number of aromatic nitrogens is 3. The molecule has 0 aliphatic rings. The summed E-state index contributed by atoms with van der Waals surface area (Å²) in [4.78, 5) is 12.3. The van der Waals surface area contributed by atoms with Crippen LogP contribution in [0, 0.1) is 6.92 Å². The summed E-state index contributed by atoms with van der Waals surface area (Å²) >= 11 is 1.75. The topological polar surface area (TPSA) is 55.1 Å². The lowest BCUT2D eigenvalue weighted by molar-refractivity contribution is 0.425. The van der Waals surface area contributed by atoms with Crippen LogP contribution in [0.5, 0.6) is 0 Å². The molecule has 0 aliphatic carbocycles. The molecule has 0 radical (unpaired) electrons. The Hall–Kier alpha value is -2.21. The smallest absolute Gasteiger partial charge is 0.258 e. The molecular formula is C15H16N4OS. The number of hydrogen-bond acceptors (Lipinski definition) is 6. The molecule has 0 fully saturated rings. The molecule has 3 aromatic heterocycles. The lowest BCUT2D eigenvalue weighted by Crippen LogP contribution is -2.22. The minimum absolute atomic E-state index is 0.531. The van der Waals surface area contributed by atoms with Crippen LogP contribution < -0.4 is 4.90 Å². The van der Waals surface area contributed by atoms with Gasteiger partial charge in [0, 0.05) is 23.2 Å². The van der Waals surface area contributed by atoms with Gasteiger partial charge in [-0.2, -0.15) is 4.98 Å². The highest BCUT2D eigenvalue weighted by atomic mass is 32.1. The second-order valence-corrected chi connectivity index (χ2v) is 5.68. The van der Waals surface area contributed by atoms with E-state index in [2.05, 4.69) is 44.5 Å². The van der Waals surface area contributed by atoms with Gasteiger partial charge in [0.25, 0.3) is 5.89 Å². The van der Waals surface area contributed by atoms with E-state index in [4.69, 9.17) is 4.52 Å². The van der Waals surface area contributed by atoms with E-state index in [1.165, 1.54) is 4.88 Å². The Morgan fingerprint density at radius 1 is 1.33 bits per heavy atom. The molecule has 3 rings (SSSR count). The molecule has 0 bridgehead atoms. The van der Waals surface area contributed by atoms with Crippen molar-refractivity contribution in [3.05, 3.63) is 46.5 Å². The second kappa shape index (κ2) is 6.05. The quantitative estimate of drug-likeness (QED) is 0.721. The molecular weight excluding hydrogens is 284 g/mol. The van der Waals surface area contributed by atoms with Crippen molar-refractivity contribution in [3.8, 4) is 11.5 Å². The van der Waals surface area contributed by atoms with Crippen molar-refractivity contribution < 1.29 is 4.52 Å². The standard InChI is InChI=1S/C15H16N4OS/c1-3-19(10-13-5-4-8-21-13)14-9-12(6-7-16-14)15-17-11(2)18-20-15/h4-9H,3,10H2,1-2H3. The monoisotopic (exact) mass is 300 g/mol. The van der Waals surface area contributed by atoms with Gasteiger partial charge in [-0.05, 0) is 37.4 Å². The molecule has 6 heteroatoms. The van der Waals surface area contributed by atoms with Crippen molar-refractivity contribution in [1.29, 1.82) is 0 Å². The highest BCUT2D eigenvalue weighted by Crippen LogP contribution is 2.23. The third-order valence-corrected chi connectivity index (χ3v) is 4.01. The van der Waals surface area contributed by atoms with Crippen molar-refractivity contribution in [3.63, 3.8) is 0 Å². The van der Waals surface area contributed by atoms with Crippen LogP contribution in [0.3, 0.4) is 0 Å². The molecule has 0 N–H and O–H groups in total. The minimum Gasteiger partial charge on any atom is -0.352 e. The zero-order valence-corrected chi connectivity index (χ0v) is 12.8. The largest absolute Gasteiger partial charge is 0.352 e. The summed E-state index contributed by atoms with van der Waals surface area (Å²) in [5.41, 5.74) is 0.894. The first-order valence-electron chi connectivity index (χ1n) is 6.80. The Bertz CT molecular complexity index is 708. The summed E-state index contributed by atoms with van der Waals surface area (Å²) in [5, 5.41) is 5.92. The number of hydrogen-bond donors (Lipinski definition) is 0.